The molecule has 2 aromatic rings. The molecule has 0 heterocycles. The molecule has 0 bridgehead atoms. The number of fused-ring (bicyclic) bond motifs is 5. The molecule has 3 aliphatic carbocycles. The third-order valence-electron chi connectivity index (χ3n) is 8.60. The topological polar surface area (TPSA) is 40.5 Å². The molecule has 0 aromatic heterocycles. The Hall–Kier alpha value is -1.87. The lowest BCUT2D eigenvalue weighted by atomic mass is 9.50. The maximum Gasteiger partial charge on any atom is 0.115 e. The number of phenolic OH excluding ortho intramolecular Hbond substituents is 1. The molecule has 0 amide bonds. The zero-order valence-corrected chi connectivity index (χ0v) is 18.0. The fraction of sp³-hybridized carbons (Fsp3) is 0.556. The molecule has 2 fully saturated rings. The van der Waals surface area contributed by atoms with E-state index in [4.69, 9.17) is 0 Å². The van der Waals surface area contributed by atoms with Crippen LogP contribution in [0.5, 0.6) is 5.75 Å². The van der Waals surface area contributed by atoms with Crippen molar-refractivity contribution in [1.82, 2.24) is 0 Å². The minimum absolute atomic E-state index is 0.0210. The number of rotatable bonds is 3. The van der Waals surface area contributed by atoms with Gasteiger partial charge in [0.1, 0.15) is 5.75 Å². The van der Waals surface area contributed by atoms with E-state index in [1.165, 1.54) is 16.7 Å². The third kappa shape index (κ3) is 3.17. The van der Waals surface area contributed by atoms with Crippen molar-refractivity contribution in [2.45, 2.75) is 70.1 Å². The van der Waals surface area contributed by atoms with Gasteiger partial charge < -0.3 is 10.2 Å². The molecule has 0 radical (unpaired) electrons. The molecular formula is C27H33FO2. The monoisotopic (exact) mass is 408 g/mol. The molecule has 2 aromatic carbocycles. The van der Waals surface area contributed by atoms with Crippen LogP contribution >= 0.6 is 0 Å². The minimum atomic E-state index is -0.893. The SMILES string of the molecule is CC(F)C[C@H]1[C@H]2[C@H]3[C@H](CC[C@]2(C)C[C@@H]1O)c1ccc(O)cc1C[C@H]3c1ccccc1. The van der Waals surface area contributed by atoms with E-state index in [1.807, 2.05) is 12.1 Å². The summed E-state index contributed by atoms with van der Waals surface area (Å²) in [4.78, 5) is 0. The Morgan fingerprint density at radius 2 is 1.90 bits per heavy atom. The molecule has 2 nitrogen and oxygen atoms in total. The standard InChI is InChI=1S/C27H33FO2/c1-16(28)12-23-24(30)15-27(2)11-10-21-20-9-8-19(29)13-18(20)14-22(25(21)26(23)27)17-6-4-3-5-7-17/h3-9,13,16,21-26,29-30H,10-12,14-15H2,1-2H3/t16?,21-,22+,23-,24+,25+,26+,27-/m1/s1. The van der Waals surface area contributed by atoms with Gasteiger partial charge in [0.15, 0.2) is 0 Å². The number of aromatic hydroxyl groups is 1. The number of aliphatic hydroxyl groups is 1. The van der Waals surface area contributed by atoms with Crippen molar-refractivity contribution in [3.63, 3.8) is 0 Å². The van der Waals surface area contributed by atoms with Gasteiger partial charge in [-0.05, 0) is 103 Å². The number of benzene rings is 2. The van der Waals surface area contributed by atoms with E-state index in [2.05, 4.69) is 43.3 Å². The van der Waals surface area contributed by atoms with Crippen LogP contribution in [0.1, 0.15) is 68.1 Å². The summed E-state index contributed by atoms with van der Waals surface area (Å²) in [6.45, 7) is 3.98. The molecule has 0 spiro atoms. The van der Waals surface area contributed by atoms with Gasteiger partial charge in [-0.2, -0.15) is 0 Å². The van der Waals surface area contributed by atoms with Crippen molar-refractivity contribution in [3.8, 4) is 5.75 Å². The number of alkyl halides is 1. The van der Waals surface area contributed by atoms with Crippen molar-refractivity contribution in [3.05, 3.63) is 65.2 Å². The van der Waals surface area contributed by atoms with Gasteiger partial charge in [-0.25, -0.2) is 4.39 Å². The largest absolute Gasteiger partial charge is 0.508 e. The van der Waals surface area contributed by atoms with Crippen LogP contribution in [0.3, 0.4) is 0 Å². The molecule has 3 aliphatic rings. The molecule has 2 N–H and O–H groups in total. The van der Waals surface area contributed by atoms with Crippen LogP contribution in [-0.4, -0.2) is 22.5 Å². The Labute approximate surface area is 179 Å². The average molecular weight is 409 g/mol. The number of phenols is 1. The highest BCUT2D eigenvalue weighted by molar-refractivity contribution is 5.43. The highest BCUT2D eigenvalue weighted by Gasteiger charge is 2.59. The van der Waals surface area contributed by atoms with Gasteiger partial charge in [0.05, 0.1) is 12.3 Å². The second-order valence-corrected chi connectivity index (χ2v) is 10.5. The van der Waals surface area contributed by atoms with E-state index in [-0.39, 0.29) is 11.3 Å². The number of aliphatic hydroxyl groups excluding tert-OH is 1. The van der Waals surface area contributed by atoms with Crippen molar-refractivity contribution in [2.75, 3.05) is 0 Å². The summed E-state index contributed by atoms with van der Waals surface area (Å²) in [6.07, 6.45) is 3.02. The smallest absolute Gasteiger partial charge is 0.115 e. The second-order valence-electron chi connectivity index (χ2n) is 10.5. The van der Waals surface area contributed by atoms with E-state index in [0.29, 0.717) is 35.8 Å². The van der Waals surface area contributed by atoms with Crippen LogP contribution in [0.2, 0.25) is 0 Å². The fourth-order valence-electron chi connectivity index (χ4n) is 7.58. The number of hydrogen-bond acceptors (Lipinski definition) is 2. The van der Waals surface area contributed by atoms with Crippen molar-refractivity contribution in [1.29, 1.82) is 0 Å². The van der Waals surface area contributed by atoms with Gasteiger partial charge in [0.25, 0.3) is 0 Å². The molecule has 5 rings (SSSR count). The first-order chi connectivity index (χ1) is 14.4. The summed E-state index contributed by atoms with van der Waals surface area (Å²) in [5, 5.41) is 21.1. The molecular weight excluding hydrogens is 375 g/mol. The number of hydrogen-bond donors (Lipinski definition) is 2. The molecule has 2 saturated carbocycles. The lowest BCUT2D eigenvalue weighted by Crippen LogP contribution is -2.46. The molecule has 160 valence electrons. The third-order valence-corrected chi connectivity index (χ3v) is 8.60. The molecule has 3 heteroatoms. The summed E-state index contributed by atoms with van der Waals surface area (Å²) in [6, 6.07) is 16.6. The summed E-state index contributed by atoms with van der Waals surface area (Å²) in [7, 11) is 0. The van der Waals surface area contributed by atoms with Crippen LogP contribution < -0.4 is 0 Å². The van der Waals surface area contributed by atoms with E-state index in [1.54, 1.807) is 6.92 Å². The highest BCUT2D eigenvalue weighted by Crippen LogP contribution is 2.66. The summed E-state index contributed by atoms with van der Waals surface area (Å²) < 4.78 is 14.2. The van der Waals surface area contributed by atoms with E-state index >= 15 is 0 Å². The second kappa shape index (κ2) is 7.37. The van der Waals surface area contributed by atoms with E-state index < -0.39 is 12.3 Å². The lowest BCUT2D eigenvalue weighted by Gasteiger charge is -2.54. The zero-order valence-electron chi connectivity index (χ0n) is 18.0. The Balaban J connectivity index is 1.64. The van der Waals surface area contributed by atoms with Gasteiger partial charge in [-0.1, -0.05) is 43.3 Å². The Morgan fingerprint density at radius 3 is 2.63 bits per heavy atom. The molecule has 0 aliphatic heterocycles. The van der Waals surface area contributed by atoms with Crippen LogP contribution in [0.4, 0.5) is 4.39 Å². The Bertz CT molecular complexity index is 910. The molecule has 0 saturated heterocycles. The normalized spacial score (nSPS) is 38.4. The maximum atomic E-state index is 14.2. The molecule has 30 heavy (non-hydrogen) atoms. The minimum Gasteiger partial charge on any atom is -0.508 e. The number of halogens is 1. The Morgan fingerprint density at radius 1 is 1.13 bits per heavy atom. The van der Waals surface area contributed by atoms with E-state index in [9.17, 15) is 14.6 Å². The zero-order chi connectivity index (χ0) is 21.0. The van der Waals surface area contributed by atoms with Crippen molar-refractivity contribution in [2.24, 2.45) is 23.2 Å². The van der Waals surface area contributed by atoms with Crippen LogP contribution in [0, 0.1) is 23.2 Å². The maximum absolute atomic E-state index is 14.2. The van der Waals surface area contributed by atoms with Gasteiger partial charge in [0.2, 0.25) is 0 Å². The van der Waals surface area contributed by atoms with Gasteiger partial charge in [-0.3, -0.25) is 0 Å². The summed E-state index contributed by atoms with van der Waals surface area (Å²) in [5.74, 6) is 1.80. The quantitative estimate of drug-likeness (QED) is 0.656. The molecule has 8 atom stereocenters. The summed E-state index contributed by atoms with van der Waals surface area (Å²) in [5.41, 5.74) is 4.02. The van der Waals surface area contributed by atoms with Gasteiger partial charge in [0, 0.05) is 0 Å². The van der Waals surface area contributed by atoms with Crippen LogP contribution in [0.25, 0.3) is 0 Å². The van der Waals surface area contributed by atoms with Crippen molar-refractivity contribution >= 4 is 0 Å². The van der Waals surface area contributed by atoms with Gasteiger partial charge in [-0.15, -0.1) is 0 Å². The average Bonchev–Trinajstić information content (AvgIpc) is 2.96. The molecule has 1 unspecified atom stereocenters. The Kier molecular flexibility index (Phi) is 4.93. The predicted molar refractivity (Wildman–Crippen MR) is 117 cm³/mol. The lowest BCUT2D eigenvalue weighted by molar-refractivity contribution is 0.00846. The van der Waals surface area contributed by atoms with Crippen molar-refractivity contribution < 1.29 is 14.6 Å². The predicted octanol–water partition coefficient (Wildman–Crippen LogP) is 5.98. The van der Waals surface area contributed by atoms with Gasteiger partial charge >= 0.3 is 0 Å². The highest BCUT2D eigenvalue weighted by atomic mass is 19.1. The first-order valence-corrected chi connectivity index (χ1v) is 11.6. The first kappa shape index (κ1) is 20.1. The fourth-order valence-corrected chi connectivity index (χ4v) is 7.58. The van der Waals surface area contributed by atoms with E-state index in [0.717, 1.165) is 25.7 Å². The first-order valence-electron chi connectivity index (χ1n) is 11.6. The van der Waals surface area contributed by atoms with Crippen LogP contribution in [-0.2, 0) is 6.42 Å². The summed E-state index contributed by atoms with van der Waals surface area (Å²) >= 11 is 0. The van der Waals surface area contributed by atoms with Crippen LogP contribution in [0.15, 0.2) is 48.5 Å².